The Hall–Kier alpha value is -11.1. The number of fused-ring (bicyclic) bond motifs is 18. The van der Waals surface area contributed by atoms with Gasteiger partial charge in [0, 0.05) is 68.7 Å². The third-order valence-electron chi connectivity index (χ3n) is 17.5. The molecule has 428 valence electrons. The number of anilines is 3. The van der Waals surface area contributed by atoms with Crippen molar-refractivity contribution in [1.82, 2.24) is 19.9 Å². The lowest BCUT2D eigenvalue weighted by molar-refractivity contribution is 0.460. The van der Waals surface area contributed by atoms with E-state index in [2.05, 4.69) is 228 Å². The van der Waals surface area contributed by atoms with Crippen LogP contribution in [0.25, 0.3) is 128 Å². The van der Waals surface area contributed by atoms with E-state index >= 15 is 0 Å². The van der Waals surface area contributed by atoms with E-state index in [9.17, 15) is 0 Å². The highest BCUT2D eigenvalue weighted by Gasteiger charge is 2.29. The van der Waals surface area contributed by atoms with Crippen molar-refractivity contribution in [2.75, 3.05) is 4.90 Å². The Bertz CT molecular complexity index is 5890. The van der Waals surface area contributed by atoms with Crippen LogP contribution in [-0.4, -0.2) is 19.9 Å². The van der Waals surface area contributed by atoms with E-state index in [4.69, 9.17) is 36.0 Å². The summed E-state index contributed by atoms with van der Waals surface area (Å²) >= 11 is 10.1. The molecule has 20 rings (SSSR count). The third-order valence-corrected chi connectivity index (χ3v) is 19.9. The van der Waals surface area contributed by atoms with Gasteiger partial charge in [-0.15, -0.1) is 22.7 Å². The van der Waals surface area contributed by atoms with Crippen molar-refractivity contribution < 1.29 is 9.47 Å². The fourth-order valence-electron chi connectivity index (χ4n) is 13.2. The lowest BCUT2D eigenvalue weighted by Crippen LogP contribution is -2.18. The topological polar surface area (TPSA) is 73.3 Å². The first kappa shape index (κ1) is 53.0. The first-order valence-electron chi connectivity index (χ1n) is 30.2. The van der Waals surface area contributed by atoms with E-state index in [0.29, 0.717) is 5.95 Å². The van der Waals surface area contributed by atoms with Crippen LogP contribution in [0, 0.1) is 0 Å². The van der Waals surface area contributed by atoms with Crippen LogP contribution in [0.4, 0.5) is 17.3 Å². The molecule has 0 unspecified atom stereocenters. The van der Waals surface area contributed by atoms with E-state index < -0.39 is 0 Å². The van der Waals surface area contributed by atoms with Gasteiger partial charge in [-0.25, -0.2) is 19.9 Å². The van der Waals surface area contributed by atoms with Gasteiger partial charge in [0.25, 0.3) is 0 Å². The Morgan fingerprint density at radius 1 is 0.319 bits per heavy atom. The molecule has 0 spiro atoms. The van der Waals surface area contributed by atoms with Gasteiger partial charge in [-0.3, -0.25) is 4.90 Å². The number of halogens is 1. The summed E-state index contributed by atoms with van der Waals surface area (Å²) in [4.78, 5) is 22.3. The average Bonchev–Trinajstić information content (AvgIpc) is 1.72. The van der Waals surface area contributed by atoms with Crippen molar-refractivity contribution in [3.05, 3.63) is 295 Å². The molecule has 0 atom stereocenters. The molecule has 0 saturated carbocycles. The van der Waals surface area contributed by atoms with Gasteiger partial charge in [-0.1, -0.05) is 182 Å². The van der Waals surface area contributed by atoms with Crippen molar-refractivity contribution in [1.29, 1.82) is 0 Å². The van der Waals surface area contributed by atoms with E-state index in [-0.39, 0.29) is 5.28 Å². The number of thiophene rings is 2. The highest BCUT2D eigenvalue weighted by Crippen LogP contribution is 2.51. The predicted molar refractivity (Wildman–Crippen MR) is 381 cm³/mol. The molecule has 2 aliphatic rings. The molecule has 18 aromatic rings. The number of nitrogens with zero attached hydrogens (tertiary/aromatic N) is 5. The Morgan fingerprint density at radius 3 is 1.22 bits per heavy atom. The minimum atomic E-state index is 0.272. The molecule has 0 saturated heterocycles. The molecule has 91 heavy (non-hydrogen) atoms. The summed E-state index contributed by atoms with van der Waals surface area (Å²) in [5.74, 6) is 4.15. The molecule has 0 radical (unpaired) electrons. The third kappa shape index (κ3) is 9.23. The second kappa shape index (κ2) is 21.6. The van der Waals surface area contributed by atoms with Gasteiger partial charge in [0.15, 0.2) is 11.5 Å². The van der Waals surface area contributed by atoms with Gasteiger partial charge in [0.05, 0.1) is 33.8 Å². The molecule has 0 fully saturated rings. The Labute approximate surface area is 534 Å². The minimum absolute atomic E-state index is 0.272. The highest BCUT2D eigenvalue weighted by molar-refractivity contribution is 7.26. The summed E-state index contributed by atoms with van der Waals surface area (Å²) in [6.07, 6.45) is 0.979. The molecule has 0 bridgehead atoms. The zero-order valence-electron chi connectivity index (χ0n) is 48.5. The highest BCUT2D eigenvalue weighted by atomic mass is 35.5. The molecule has 6 heterocycles. The molecule has 4 aromatic heterocycles. The summed E-state index contributed by atoms with van der Waals surface area (Å²) in [7, 11) is 0. The van der Waals surface area contributed by atoms with Crippen molar-refractivity contribution in [2.24, 2.45) is 0 Å². The van der Waals surface area contributed by atoms with Gasteiger partial charge < -0.3 is 9.47 Å². The normalized spacial score (nSPS) is 12.3. The average molecular weight is 1220 g/mol. The number of hydrogen-bond donors (Lipinski definition) is 0. The van der Waals surface area contributed by atoms with Gasteiger partial charge in [-0.2, -0.15) is 0 Å². The summed E-state index contributed by atoms with van der Waals surface area (Å²) in [6.45, 7) is 0. The molecule has 0 amide bonds. The Morgan fingerprint density at radius 2 is 0.714 bits per heavy atom. The van der Waals surface area contributed by atoms with Crippen LogP contribution in [0.15, 0.2) is 279 Å². The molecule has 10 heteroatoms. The van der Waals surface area contributed by atoms with Crippen LogP contribution in [0.5, 0.6) is 23.0 Å². The zero-order valence-corrected chi connectivity index (χ0v) is 50.9. The SMILES string of the molecule is Clc1nc(-c2ccc3ccccc3c2)c2ccc3sc4cc5ccccc5cc4c3c2n1.c1ccc2c(c1)Cc1ccccc1O2.c1ccc2c(c1)Oc1ccccc1N2c1nc(-c2ccc3ccccc3c2)c2ccc3sc4cc5ccccc5cc4c3c2n1. The second-order valence-electron chi connectivity index (χ2n) is 23.0. The number of aromatic nitrogens is 4. The molecular weight excluding hydrogens is 1170 g/mol. The first-order chi connectivity index (χ1) is 45.0. The largest absolute Gasteiger partial charge is 0.457 e. The zero-order chi connectivity index (χ0) is 60.1. The number of benzene rings is 14. The molecule has 0 N–H and O–H groups in total. The fourth-order valence-corrected chi connectivity index (χ4v) is 15.6. The maximum absolute atomic E-state index is 6.49. The van der Waals surface area contributed by atoms with E-state index in [1.807, 2.05) is 72.0 Å². The van der Waals surface area contributed by atoms with Gasteiger partial charge in [-0.05, 0) is 163 Å². The lowest BCUT2D eigenvalue weighted by Gasteiger charge is -2.31. The second-order valence-corrected chi connectivity index (χ2v) is 25.5. The summed E-state index contributed by atoms with van der Waals surface area (Å²) in [5.41, 5.74) is 10.1. The van der Waals surface area contributed by atoms with E-state index in [0.717, 1.165) is 90.5 Å². The number of ether oxygens (including phenoxy) is 2. The van der Waals surface area contributed by atoms with Gasteiger partial charge in [0.2, 0.25) is 11.2 Å². The maximum Gasteiger partial charge on any atom is 0.236 e. The Kier molecular flexibility index (Phi) is 12.6. The smallest absolute Gasteiger partial charge is 0.236 e. The first-order valence-corrected chi connectivity index (χ1v) is 32.2. The van der Waals surface area contributed by atoms with Crippen molar-refractivity contribution in [2.45, 2.75) is 6.42 Å². The predicted octanol–water partition coefficient (Wildman–Crippen LogP) is 23.6. The molecule has 2 aliphatic heterocycles. The van der Waals surface area contributed by atoms with Crippen LogP contribution in [0.1, 0.15) is 11.1 Å². The quantitative estimate of drug-likeness (QED) is 0.163. The number of para-hydroxylation sites is 6. The van der Waals surface area contributed by atoms with Crippen LogP contribution in [0.3, 0.4) is 0 Å². The van der Waals surface area contributed by atoms with Crippen molar-refractivity contribution >= 4 is 157 Å². The monoisotopic (exact) mass is 1220 g/mol. The standard InChI is InChI=1S/C40H23N3OS.C28H15ClN2S.C13H10O/c1-2-10-25-21-28(18-17-24(25)9-1)38-29-19-20-35-37(30-22-26-11-3-4-12-27(26)23-36(30)45-35)39(29)42-40(41-38)43-31-13-5-7-15-33(31)44-34-16-8-6-14-32(34)43;29-28-30-26(20-10-9-16-5-1-2-6-17(16)13-20)21-11-12-23-25(27(21)31-28)22-14-18-7-3-4-8-19(18)15-24(22)32-23;1-3-7-12-10(5-1)9-11-6-2-4-8-13(11)14-12/h1-23H;1-15H;1-8H,9H2. The maximum atomic E-state index is 6.49. The van der Waals surface area contributed by atoms with Crippen LogP contribution in [0.2, 0.25) is 5.28 Å². The summed E-state index contributed by atoms with van der Waals surface area (Å²) in [6, 6.07) is 97.4. The molecule has 14 aromatic carbocycles. The number of rotatable bonds is 3. The fraction of sp³-hybridized carbons (Fsp3) is 0.0123. The molecular formula is C81H48ClN5O2S2. The van der Waals surface area contributed by atoms with E-state index in [1.54, 1.807) is 11.3 Å². The minimum Gasteiger partial charge on any atom is -0.457 e. The summed E-state index contributed by atoms with van der Waals surface area (Å²) < 4.78 is 17.1. The van der Waals surface area contributed by atoms with Crippen molar-refractivity contribution in [3.63, 3.8) is 0 Å². The van der Waals surface area contributed by atoms with Gasteiger partial charge in [0.1, 0.15) is 11.5 Å². The van der Waals surface area contributed by atoms with Crippen LogP contribution in [-0.2, 0) is 6.42 Å². The molecule has 0 aliphatic carbocycles. The van der Waals surface area contributed by atoms with E-state index in [1.165, 1.54) is 89.2 Å². The lowest BCUT2D eigenvalue weighted by atomic mass is 10.00. The summed E-state index contributed by atoms with van der Waals surface area (Å²) in [5, 5.41) is 16.8. The van der Waals surface area contributed by atoms with Crippen LogP contribution < -0.4 is 14.4 Å². The van der Waals surface area contributed by atoms with Gasteiger partial charge >= 0.3 is 0 Å². The van der Waals surface area contributed by atoms with Crippen molar-refractivity contribution in [3.8, 4) is 45.5 Å². The van der Waals surface area contributed by atoms with Crippen LogP contribution >= 0.6 is 34.3 Å². The number of hydrogen-bond acceptors (Lipinski definition) is 9. The Balaban J connectivity index is 0.000000115. The molecule has 7 nitrogen and oxygen atoms in total.